The Balaban J connectivity index is 1.75. The Morgan fingerprint density at radius 1 is 1.08 bits per heavy atom. The molecule has 0 fully saturated rings. The lowest BCUT2D eigenvalue weighted by Crippen LogP contribution is -2.64. The van der Waals surface area contributed by atoms with Gasteiger partial charge in [-0.05, 0) is 38.0 Å². The summed E-state index contributed by atoms with van der Waals surface area (Å²) in [7, 11) is 1.57. The lowest BCUT2D eigenvalue weighted by Gasteiger charge is -2.43. The van der Waals surface area contributed by atoms with Gasteiger partial charge in [0.1, 0.15) is 17.0 Å². The Bertz CT molecular complexity index is 1300. The zero-order chi connectivity index (χ0) is 25.9. The standard InChI is InChI=1S/C27H30N4O5/c1-5-18-11-7-9-13-21(18)31-24(32)22-15-20(25(33)36-6-2)29-30(22)17-27(31,3)26(34)28-16-19-12-8-10-14-23(19)35-4/h7-15H,5-6,16-17H2,1-4H3,(H,28,34)/t27-/m0/s1. The number of esters is 1. The molecule has 0 saturated heterocycles. The number of hydrogen-bond donors (Lipinski definition) is 1. The minimum Gasteiger partial charge on any atom is -0.496 e. The van der Waals surface area contributed by atoms with Crippen molar-refractivity contribution in [2.75, 3.05) is 18.6 Å². The SMILES string of the molecule is CCOC(=O)c1cc2n(n1)C[C@@](C)(C(=O)NCc1ccccc1OC)N(c1ccccc1CC)C2=O. The van der Waals surface area contributed by atoms with E-state index in [-0.39, 0.29) is 37.0 Å². The summed E-state index contributed by atoms with van der Waals surface area (Å²) in [5.74, 6) is -0.731. The van der Waals surface area contributed by atoms with Crippen LogP contribution in [0.4, 0.5) is 5.69 Å². The van der Waals surface area contributed by atoms with E-state index in [4.69, 9.17) is 9.47 Å². The van der Waals surface area contributed by atoms with Gasteiger partial charge in [-0.3, -0.25) is 19.2 Å². The van der Waals surface area contributed by atoms with Crippen molar-refractivity contribution in [2.45, 2.75) is 45.8 Å². The molecular weight excluding hydrogens is 460 g/mol. The maximum atomic E-state index is 13.9. The molecule has 1 atom stereocenters. The number of hydrogen-bond acceptors (Lipinski definition) is 6. The van der Waals surface area contributed by atoms with Gasteiger partial charge in [-0.1, -0.05) is 43.3 Å². The molecule has 1 aromatic heterocycles. The van der Waals surface area contributed by atoms with E-state index in [1.807, 2.05) is 55.5 Å². The summed E-state index contributed by atoms with van der Waals surface area (Å²) < 4.78 is 11.9. The van der Waals surface area contributed by atoms with Crippen LogP contribution in [0.5, 0.6) is 5.75 Å². The van der Waals surface area contributed by atoms with Crippen LogP contribution in [-0.2, 0) is 29.0 Å². The number of methoxy groups -OCH3 is 1. The average Bonchev–Trinajstić information content (AvgIpc) is 3.32. The Kier molecular flexibility index (Phi) is 7.10. The largest absolute Gasteiger partial charge is 0.496 e. The van der Waals surface area contributed by atoms with Crippen molar-refractivity contribution in [1.82, 2.24) is 15.1 Å². The van der Waals surface area contributed by atoms with Crippen LogP contribution in [0.3, 0.4) is 0 Å². The number of aryl methyl sites for hydroxylation is 1. The van der Waals surface area contributed by atoms with Crippen molar-refractivity contribution >= 4 is 23.5 Å². The number of rotatable bonds is 8. The molecule has 1 N–H and O–H groups in total. The molecule has 36 heavy (non-hydrogen) atoms. The first-order valence-corrected chi connectivity index (χ1v) is 11.9. The summed E-state index contributed by atoms with van der Waals surface area (Å²) in [6.07, 6.45) is 0.673. The van der Waals surface area contributed by atoms with Gasteiger partial charge in [-0.2, -0.15) is 5.10 Å². The molecule has 9 heteroatoms. The van der Waals surface area contributed by atoms with Gasteiger partial charge in [0.2, 0.25) is 5.91 Å². The minimum atomic E-state index is -1.32. The molecule has 4 rings (SSSR count). The second-order valence-electron chi connectivity index (χ2n) is 8.68. The number of nitrogens with zero attached hydrogens (tertiary/aromatic N) is 3. The zero-order valence-electron chi connectivity index (χ0n) is 20.9. The summed E-state index contributed by atoms with van der Waals surface area (Å²) in [5.41, 5.74) is 1.30. The van der Waals surface area contributed by atoms with Gasteiger partial charge in [-0.25, -0.2) is 4.79 Å². The Hall–Kier alpha value is -4.14. The molecular formula is C27H30N4O5. The van der Waals surface area contributed by atoms with Gasteiger partial charge in [-0.15, -0.1) is 0 Å². The van der Waals surface area contributed by atoms with Crippen LogP contribution in [0, 0.1) is 0 Å². The third-order valence-electron chi connectivity index (χ3n) is 6.37. The minimum absolute atomic E-state index is 0.0302. The van der Waals surface area contributed by atoms with Crippen LogP contribution in [0.15, 0.2) is 54.6 Å². The van der Waals surface area contributed by atoms with Crippen LogP contribution >= 0.6 is 0 Å². The molecule has 1 aliphatic rings. The third-order valence-corrected chi connectivity index (χ3v) is 6.37. The number of amides is 2. The predicted molar refractivity (Wildman–Crippen MR) is 134 cm³/mol. The Morgan fingerprint density at radius 2 is 1.78 bits per heavy atom. The van der Waals surface area contributed by atoms with Crippen molar-refractivity contribution in [3.8, 4) is 5.75 Å². The van der Waals surface area contributed by atoms with E-state index >= 15 is 0 Å². The van der Waals surface area contributed by atoms with E-state index in [9.17, 15) is 14.4 Å². The number of nitrogens with one attached hydrogen (secondary N) is 1. The van der Waals surface area contributed by atoms with Crippen LogP contribution in [-0.4, -0.2) is 46.8 Å². The molecule has 2 aromatic carbocycles. The summed E-state index contributed by atoms with van der Waals surface area (Å²) in [5, 5.41) is 7.29. The highest BCUT2D eigenvalue weighted by atomic mass is 16.5. The first-order chi connectivity index (χ1) is 17.3. The summed E-state index contributed by atoms with van der Waals surface area (Å²) >= 11 is 0. The molecule has 9 nitrogen and oxygen atoms in total. The predicted octanol–water partition coefficient (Wildman–Crippen LogP) is 3.37. The average molecular weight is 491 g/mol. The van der Waals surface area contributed by atoms with Gasteiger partial charge >= 0.3 is 5.97 Å². The van der Waals surface area contributed by atoms with Gasteiger partial charge in [0.25, 0.3) is 5.91 Å². The first-order valence-electron chi connectivity index (χ1n) is 11.9. The molecule has 0 radical (unpaired) electrons. The van der Waals surface area contributed by atoms with Crippen molar-refractivity contribution in [3.05, 3.63) is 77.1 Å². The zero-order valence-corrected chi connectivity index (χ0v) is 20.9. The lowest BCUT2D eigenvalue weighted by molar-refractivity contribution is -0.126. The molecule has 2 amide bonds. The number of fused-ring (bicyclic) bond motifs is 1. The monoisotopic (exact) mass is 490 g/mol. The molecule has 0 aliphatic carbocycles. The number of ether oxygens (including phenoxy) is 2. The highest BCUT2D eigenvalue weighted by Gasteiger charge is 2.49. The van der Waals surface area contributed by atoms with Gasteiger partial charge in [0.15, 0.2) is 5.69 Å². The summed E-state index contributed by atoms with van der Waals surface area (Å²) in [6, 6.07) is 16.4. The van der Waals surface area contributed by atoms with Crippen molar-refractivity contribution in [3.63, 3.8) is 0 Å². The Labute approximate surface area is 210 Å². The second kappa shape index (κ2) is 10.2. The topological polar surface area (TPSA) is 103 Å². The molecule has 0 spiro atoms. The number of benzene rings is 2. The number of carbonyl (C=O) groups is 3. The molecule has 0 bridgehead atoms. The van der Waals surface area contributed by atoms with E-state index in [2.05, 4.69) is 10.4 Å². The molecule has 0 saturated carbocycles. The van der Waals surface area contributed by atoms with Crippen molar-refractivity contribution in [2.24, 2.45) is 0 Å². The maximum Gasteiger partial charge on any atom is 0.358 e. The quantitative estimate of drug-likeness (QED) is 0.486. The third kappa shape index (κ3) is 4.44. The molecule has 2 heterocycles. The van der Waals surface area contributed by atoms with Crippen molar-refractivity contribution in [1.29, 1.82) is 0 Å². The maximum absolute atomic E-state index is 13.9. The van der Waals surface area contributed by atoms with Crippen LogP contribution in [0.2, 0.25) is 0 Å². The molecule has 188 valence electrons. The number of aromatic nitrogens is 2. The highest BCUT2D eigenvalue weighted by Crippen LogP contribution is 2.35. The normalized spacial score (nSPS) is 16.9. The molecule has 1 aliphatic heterocycles. The smallest absolute Gasteiger partial charge is 0.358 e. The fraction of sp³-hybridized carbons (Fsp3) is 0.333. The highest BCUT2D eigenvalue weighted by molar-refractivity contribution is 6.12. The van der Waals surface area contributed by atoms with Crippen LogP contribution < -0.4 is 15.0 Å². The number of carbonyl (C=O) groups excluding carboxylic acids is 3. The summed E-state index contributed by atoms with van der Waals surface area (Å²) in [4.78, 5) is 41.5. The van der Waals surface area contributed by atoms with Crippen molar-refractivity contribution < 1.29 is 23.9 Å². The molecule has 3 aromatic rings. The first kappa shape index (κ1) is 25.0. The van der Waals surface area contributed by atoms with Gasteiger partial charge < -0.3 is 14.8 Å². The van der Waals surface area contributed by atoms with Crippen LogP contribution in [0.1, 0.15) is 52.9 Å². The van der Waals surface area contributed by atoms with E-state index < -0.39 is 17.4 Å². The van der Waals surface area contributed by atoms with E-state index in [0.29, 0.717) is 17.9 Å². The summed E-state index contributed by atoms with van der Waals surface area (Å²) in [6.45, 7) is 5.87. The fourth-order valence-corrected chi connectivity index (χ4v) is 4.51. The Morgan fingerprint density at radius 3 is 2.47 bits per heavy atom. The van der Waals surface area contributed by atoms with E-state index in [1.54, 1.807) is 21.0 Å². The lowest BCUT2D eigenvalue weighted by atomic mass is 9.92. The molecule has 0 unspecified atom stereocenters. The van der Waals surface area contributed by atoms with E-state index in [1.165, 1.54) is 15.6 Å². The van der Waals surface area contributed by atoms with Gasteiger partial charge in [0, 0.05) is 23.9 Å². The van der Waals surface area contributed by atoms with Crippen LogP contribution in [0.25, 0.3) is 0 Å². The van der Waals surface area contributed by atoms with E-state index in [0.717, 1.165) is 11.1 Å². The fourth-order valence-electron chi connectivity index (χ4n) is 4.51. The number of anilines is 1. The van der Waals surface area contributed by atoms with Gasteiger partial charge in [0.05, 0.1) is 20.3 Å². The number of para-hydroxylation sites is 2. The second-order valence-corrected chi connectivity index (χ2v) is 8.68.